The van der Waals surface area contributed by atoms with Crippen molar-refractivity contribution < 1.29 is 18.8 Å². The van der Waals surface area contributed by atoms with Gasteiger partial charge < -0.3 is 11.1 Å². The zero-order valence-electron chi connectivity index (χ0n) is 14.5. The molecule has 0 bridgehead atoms. The lowest BCUT2D eigenvalue weighted by Crippen LogP contribution is -2.36. The van der Waals surface area contributed by atoms with Gasteiger partial charge in [-0.1, -0.05) is 18.2 Å². The van der Waals surface area contributed by atoms with Gasteiger partial charge >= 0.3 is 0 Å². The molecular weight excluding hydrogens is 351 g/mol. The molecule has 27 heavy (non-hydrogen) atoms. The largest absolute Gasteiger partial charge is 0.366 e. The van der Waals surface area contributed by atoms with Crippen LogP contribution >= 0.6 is 0 Å². The summed E-state index contributed by atoms with van der Waals surface area (Å²) in [6.07, 6.45) is 0.279. The molecule has 1 aliphatic heterocycles. The first kappa shape index (κ1) is 18.2. The molecule has 0 aliphatic carbocycles. The molecule has 0 fully saturated rings. The quantitative estimate of drug-likeness (QED) is 0.865. The summed E-state index contributed by atoms with van der Waals surface area (Å²) < 4.78 is 14.0. The molecule has 0 saturated heterocycles. The first-order chi connectivity index (χ1) is 12.9. The maximum atomic E-state index is 14.0. The van der Waals surface area contributed by atoms with Crippen LogP contribution in [0.1, 0.15) is 28.8 Å². The Hall–Kier alpha value is -3.55. The Morgan fingerprint density at radius 2 is 1.89 bits per heavy atom. The van der Waals surface area contributed by atoms with E-state index in [2.05, 4.69) is 10.4 Å². The van der Waals surface area contributed by atoms with Crippen molar-refractivity contribution in [3.8, 4) is 0 Å². The van der Waals surface area contributed by atoms with Crippen LogP contribution in [0.5, 0.6) is 0 Å². The molecule has 1 aliphatic rings. The first-order valence-corrected chi connectivity index (χ1v) is 8.23. The van der Waals surface area contributed by atoms with E-state index in [4.69, 9.17) is 5.73 Å². The molecule has 3 N–H and O–H groups in total. The molecule has 0 aromatic heterocycles. The fourth-order valence-corrected chi connectivity index (χ4v) is 2.63. The van der Waals surface area contributed by atoms with E-state index >= 15 is 0 Å². The summed E-state index contributed by atoms with van der Waals surface area (Å²) in [5, 5.41) is 7.86. The minimum atomic E-state index is -0.805. The Kier molecular flexibility index (Phi) is 4.98. The number of carbonyl (C=O) groups excluding carboxylic acids is 3. The van der Waals surface area contributed by atoms with Crippen LogP contribution in [0.2, 0.25) is 0 Å². The predicted octanol–water partition coefficient (Wildman–Crippen LogP) is 2.35. The third kappa shape index (κ3) is 3.84. The Morgan fingerprint density at radius 3 is 2.56 bits per heavy atom. The number of halogens is 1. The van der Waals surface area contributed by atoms with Gasteiger partial charge in [-0.05, 0) is 31.2 Å². The van der Waals surface area contributed by atoms with Crippen molar-refractivity contribution in [2.75, 3.05) is 10.3 Å². The molecule has 0 spiro atoms. The molecule has 2 aromatic rings. The van der Waals surface area contributed by atoms with E-state index in [0.29, 0.717) is 5.69 Å². The number of primary amides is 1. The van der Waals surface area contributed by atoms with Gasteiger partial charge in [0.15, 0.2) is 0 Å². The Balaban J connectivity index is 1.88. The van der Waals surface area contributed by atoms with E-state index in [0.717, 1.165) is 6.07 Å². The second-order valence-corrected chi connectivity index (χ2v) is 6.04. The van der Waals surface area contributed by atoms with E-state index in [1.54, 1.807) is 30.3 Å². The second kappa shape index (κ2) is 7.36. The lowest BCUT2D eigenvalue weighted by molar-refractivity contribution is -0.118. The van der Waals surface area contributed by atoms with E-state index in [9.17, 15) is 18.8 Å². The van der Waals surface area contributed by atoms with Crippen molar-refractivity contribution in [2.45, 2.75) is 19.8 Å². The van der Waals surface area contributed by atoms with Crippen LogP contribution in [-0.4, -0.2) is 23.4 Å². The minimum Gasteiger partial charge on any atom is -0.366 e. The molecule has 1 heterocycles. The summed E-state index contributed by atoms with van der Waals surface area (Å²) in [4.78, 5) is 36.0. The molecule has 0 unspecified atom stereocenters. The zero-order chi connectivity index (χ0) is 19.6. The molecule has 8 heteroatoms. The third-order valence-corrected chi connectivity index (χ3v) is 4.17. The number of anilines is 2. The number of rotatable bonds is 4. The maximum Gasteiger partial charge on any atom is 0.271 e. The van der Waals surface area contributed by atoms with Gasteiger partial charge in [-0.3, -0.25) is 14.4 Å². The second-order valence-electron chi connectivity index (χ2n) is 6.04. The van der Waals surface area contributed by atoms with Gasteiger partial charge in [0.25, 0.3) is 5.91 Å². The molecule has 2 aromatic carbocycles. The normalized spacial score (nSPS) is 13.9. The van der Waals surface area contributed by atoms with Crippen LogP contribution in [0.4, 0.5) is 15.8 Å². The summed E-state index contributed by atoms with van der Waals surface area (Å²) >= 11 is 0. The molecule has 7 nitrogen and oxygen atoms in total. The van der Waals surface area contributed by atoms with E-state index in [-0.39, 0.29) is 41.3 Å². The first-order valence-electron chi connectivity index (χ1n) is 8.23. The molecular formula is C19H17FN4O3. The van der Waals surface area contributed by atoms with Crippen molar-refractivity contribution in [3.05, 3.63) is 59.4 Å². The standard InChI is InChI=1S/C19H17FN4O3/c1-11-14(20)9-12(18(21)26)10-16(11)22-19(27)15-7-8-17(25)24(23-15)13-5-3-2-4-6-13/h2-6,9-10H,7-8H2,1H3,(H2,21,26)(H,22,27). The molecule has 0 radical (unpaired) electrons. The van der Waals surface area contributed by atoms with Crippen LogP contribution in [0, 0.1) is 12.7 Å². The van der Waals surface area contributed by atoms with E-state index in [1.807, 2.05) is 0 Å². The monoisotopic (exact) mass is 368 g/mol. The number of hydrazone groups is 1. The Morgan fingerprint density at radius 1 is 1.19 bits per heavy atom. The molecule has 0 atom stereocenters. The summed E-state index contributed by atoms with van der Waals surface area (Å²) in [5.41, 5.74) is 6.10. The average Bonchev–Trinajstić information content (AvgIpc) is 2.66. The number of amides is 3. The summed E-state index contributed by atoms with van der Waals surface area (Å²) in [6.45, 7) is 1.47. The van der Waals surface area contributed by atoms with Gasteiger partial charge in [0, 0.05) is 29.7 Å². The smallest absolute Gasteiger partial charge is 0.271 e. The van der Waals surface area contributed by atoms with Crippen LogP contribution in [-0.2, 0) is 9.59 Å². The van der Waals surface area contributed by atoms with Gasteiger partial charge in [0.2, 0.25) is 11.8 Å². The van der Waals surface area contributed by atoms with Crippen molar-refractivity contribution >= 4 is 34.8 Å². The minimum absolute atomic E-state index is 0.0555. The SMILES string of the molecule is Cc1c(F)cc(C(N)=O)cc1NC(=O)C1=NN(c2ccccc2)C(=O)CC1. The molecule has 3 amide bonds. The maximum absolute atomic E-state index is 14.0. The predicted molar refractivity (Wildman–Crippen MR) is 98.9 cm³/mol. The number of nitrogens with one attached hydrogen (secondary N) is 1. The lowest BCUT2D eigenvalue weighted by atomic mass is 10.1. The van der Waals surface area contributed by atoms with Crippen molar-refractivity contribution in [3.63, 3.8) is 0 Å². The third-order valence-electron chi connectivity index (χ3n) is 4.17. The fourth-order valence-electron chi connectivity index (χ4n) is 2.63. The average molecular weight is 368 g/mol. The highest BCUT2D eigenvalue weighted by Gasteiger charge is 2.26. The van der Waals surface area contributed by atoms with Gasteiger partial charge in [0.05, 0.1) is 5.69 Å². The van der Waals surface area contributed by atoms with Crippen molar-refractivity contribution in [1.29, 1.82) is 0 Å². The summed E-state index contributed by atoms with van der Waals surface area (Å²) in [7, 11) is 0. The topological polar surface area (TPSA) is 105 Å². The van der Waals surface area contributed by atoms with Crippen LogP contribution in [0.15, 0.2) is 47.6 Å². The fraction of sp³-hybridized carbons (Fsp3) is 0.158. The Bertz CT molecular complexity index is 957. The highest BCUT2D eigenvalue weighted by atomic mass is 19.1. The number of hydrogen-bond donors (Lipinski definition) is 2. The highest BCUT2D eigenvalue weighted by molar-refractivity contribution is 6.44. The zero-order valence-corrected chi connectivity index (χ0v) is 14.5. The number of benzene rings is 2. The number of nitrogens with two attached hydrogens (primary N) is 1. The van der Waals surface area contributed by atoms with E-state index in [1.165, 1.54) is 18.0 Å². The molecule has 0 saturated carbocycles. The summed E-state index contributed by atoms with van der Waals surface area (Å²) in [6, 6.07) is 11.1. The number of hydrogen-bond acceptors (Lipinski definition) is 4. The van der Waals surface area contributed by atoms with E-state index < -0.39 is 17.6 Å². The summed E-state index contributed by atoms with van der Waals surface area (Å²) in [5.74, 6) is -2.27. The number of carbonyl (C=O) groups is 3. The van der Waals surface area contributed by atoms with Crippen LogP contribution < -0.4 is 16.1 Å². The van der Waals surface area contributed by atoms with Crippen LogP contribution in [0.25, 0.3) is 0 Å². The van der Waals surface area contributed by atoms with Gasteiger partial charge in [-0.25, -0.2) is 9.40 Å². The molecule has 138 valence electrons. The number of nitrogens with zero attached hydrogens (tertiary/aromatic N) is 2. The molecule has 3 rings (SSSR count). The van der Waals surface area contributed by atoms with Crippen molar-refractivity contribution in [2.24, 2.45) is 10.8 Å². The van der Waals surface area contributed by atoms with Crippen molar-refractivity contribution in [1.82, 2.24) is 0 Å². The highest BCUT2D eigenvalue weighted by Crippen LogP contribution is 2.23. The van der Waals surface area contributed by atoms with Gasteiger partial charge in [-0.15, -0.1) is 0 Å². The van der Waals surface area contributed by atoms with Crippen LogP contribution in [0.3, 0.4) is 0 Å². The Labute approximate surface area is 154 Å². The number of para-hydroxylation sites is 1. The van der Waals surface area contributed by atoms with Gasteiger partial charge in [0.1, 0.15) is 11.5 Å². The van der Waals surface area contributed by atoms with Gasteiger partial charge in [-0.2, -0.15) is 5.10 Å². The lowest BCUT2D eigenvalue weighted by Gasteiger charge is -2.23.